The number of carbonyl (C=O) groups excluding carboxylic acids is 1. The van der Waals surface area contributed by atoms with Crippen LogP contribution in [-0.2, 0) is 4.79 Å². The zero-order valence-electron chi connectivity index (χ0n) is 18.4. The van der Waals surface area contributed by atoms with Crippen LogP contribution in [0.4, 0.5) is 0 Å². The van der Waals surface area contributed by atoms with Gasteiger partial charge in [-0.2, -0.15) is 11.8 Å². The Hall–Kier alpha value is -2.49. The molecule has 172 valence electrons. The zero-order chi connectivity index (χ0) is 23.8. The maximum absolute atomic E-state index is 13.1. The SMILES string of the molecule is CSCCC(NC(=O)c1ccc(/C=C/c2cnccc2Cl)cc1-c1ccccc1C)C(=O)O.[LiH]. The Morgan fingerprint density at radius 2 is 1.91 bits per heavy atom. The monoisotopic (exact) mass is 488 g/mol. The molecule has 0 saturated heterocycles. The van der Waals surface area contributed by atoms with Crippen molar-refractivity contribution in [3.8, 4) is 11.1 Å². The van der Waals surface area contributed by atoms with Gasteiger partial charge in [0.1, 0.15) is 6.04 Å². The van der Waals surface area contributed by atoms with E-state index in [1.54, 1.807) is 36.3 Å². The van der Waals surface area contributed by atoms with Crippen LogP contribution in [0, 0.1) is 6.92 Å². The third-order valence-corrected chi connectivity index (χ3v) is 6.18. The van der Waals surface area contributed by atoms with Gasteiger partial charge in [-0.05, 0) is 65.8 Å². The number of carboxylic acid groups (broad SMARTS) is 1. The first-order chi connectivity index (χ1) is 15.9. The van der Waals surface area contributed by atoms with E-state index in [0.717, 1.165) is 27.8 Å². The summed E-state index contributed by atoms with van der Waals surface area (Å²) in [6, 6.07) is 14.1. The maximum atomic E-state index is 13.1. The molecule has 3 rings (SSSR count). The van der Waals surface area contributed by atoms with Gasteiger partial charge in [-0.15, -0.1) is 0 Å². The summed E-state index contributed by atoms with van der Waals surface area (Å²) in [5, 5.41) is 12.8. The van der Waals surface area contributed by atoms with Crippen molar-refractivity contribution in [2.45, 2.75) is 19.4 Å². The summed E-state index contributed by atoms with van der Waals surface area (Å²) < 4.78 is 0. The predicted octanol–water partition coefficient (Wildman–Crippen LogP) is 5.17. The van der Waals surface area contributed by atoms with E-state index in [2.05, 4.69) is 10.3 Å². The molecule has 5 nitrogen and oxygen atoms in total. The van der Waals surface area contributed by atoms with Gasteiger partial charge in [-0.25, -0.2) is 4.79 Å². The molecule has 0 aliphatic carbocycles. The van der Waals surface area contributed by atoms with Crippen LogP contribution in [0.25, 0.3) is 23.3 Å². The van der Waals surface area contributed by atoms with E-state index in [1.807, 2.05) is 61.7 Å². The van der Waals surface area contributed by atoms with Gasteiger partial charge in [0.05, 0.1) is 5.02 Å². The zero-order valence-corrected chi connectivity index (χ0v) is 20.0. The third kappa shape index (κ3) is 7.25. The molecule has 0 aliphatic rings. The van der Waals surface area contributed by atoms with Crippen molar-refractivity contribution in [2.75, 3.05) is 12.0 Å². The molecule has 2 aromatic carbocycles. The van der Waals surface area contributed by atoms with Crippen LogP contribution in [0.1, 0.15) is 33.5 Å². The van der Waals surface area contributed by atoms with Crippen LogP contribution < -0.4 is 5.32 Å². The fraction of sp³-hybridized carbons (Fsp3) is 0.192. The Bertz CT molecular complexity index is 1190. The van der Waals surface area contributed by atoms with Crippen molar-refractivity contribution < 1.29 is 14.7 Å². The van der Waals surface area contributed by atoms with Gasteiger partial charge >= 0.3 is 24.8 Å². The second-order valence-electron chi connectivity index (χ2n) is 7.50. The molecule has 0 radical (unpaired) electrons. The fourth-order valence-electron chi connectivity index (χ4n) is 3.39. The Kier molecular flexibility index (Phi) is 10.9. The number of amides is 1. The van der Waals surface area contributed by atoms with E-state index in [0.29, 0.717) is 22.8 Å². The molecule has 3 aromatic rings. The summed E-state index contributed by atoms with van der Waals surface area (Å²) in [4.78, 5) is 28.9. The molecule has 1 amide bonds. The van der Waals surface area contributed by atoms with Gasteiger partial charge in [0.2, 0.25) is 0 Å². The summed E-state index contributed by atoms with van der Waals surface area (Å²) in [6.07, 6.45) is 9.35. The molecule has 0 saturated carbocycles. The first-order valence-corrected chi connectivity index (χ1v) is 12.2. The van der Waals surface area contributed by atoms with Gasteiger partial charge in [0, 0.05) is 23.5 Å². The third-order valence-electron chi connectivity index (χ3n) is 5.19. The molecule has 1 heterocycles. The Morgan fingerprint density at radius 3 is 2.59 bits per heavy atom. The van der Waals surface area contributed by atoms with E-state index < -0.39 is 17.9 Å². The first kappa shape index (κ1) is 27.7. The van der Waals surface area contributed by atoms with Crippen molar-refractivity contribution in [1.29, 1.82) is 0 Å². The number of hydrogen-bond acceptors (Lipinski definition) is 4. The number of pyridine rings is 1. The van der Waals surface area contributed by atoms with Crippen molar-refractivity contribution in [2.24, 2.45) is 0 Å². The molecule has 2 N–H and O–H groups in total. The van der Waals surface area contributed by atoms with E-state index in [4.69, 9.17) is 11.6 Å². The summed E-state index contributed by atoms with van der Waals surface area (Å²) >= 11 is 7.76. The van der Waals surface area contributed by atoms with Crippen LogP contribution in [0.15, 0.2) is 60.9 Å². The Labute approximate surface area is 221 Å². The molecule has 1 aromatic heterocycles. The minimum atomic E-state index is -1.04. The number of rotatable bonds is 9. The Balaban J connectivity index is 0.00000408. The van der Waals surface area contributed by atoms with Gasteiger partial charge in [0.25, 0.3) is 5.91 Å². The number of carbonyl (C=O) groups is 2. The minimum absolute atomic E-state index is 0. The van der Waals surface area contributed by atoms with Crippen molar-refractivity contribution in [3.63, 3.8) is 0 Å². The molecule has 0 spiro atoms. The van der Waals surface area contributed by atoms with E-state index >= 15 is 0 Å². The van der Waals surface area contributed by atoms with Gasteiger partial charge in [-0.1, -0.05) is 54.1 Å². The molecule has 1 unspecified atom stereocenters. The predicted molar refractivity (Wildman–Crippen MR) is 144 cm³/mol. The molecule has 1 atom stereocenters. The molecule has 0 aliphatic heterocycles. The van der Waals surface area contributed by atoms with Crippen molar-refractivity contribution >= 4 is 66.3 Å². The number of carboxylic acids is 1. The number of aliphatic carboxylic acids is 1. The summed E-state index contributed by atoms with van der Waals surface area (Å²) in [7, 11) is 0. The van der Waals surface area contributed by atoms with E-state index in [-0.39, 0.29) is 18.9 Å². The Morgan fingerprint density at radius 1 is 1.15 bits per heavy atom. The van der Waals surface area contributed by atoms with Crippen LogP contribution >= 0.6 is 23.4 Å². The van der Waals surface area contributed by atoms with E-state index in [9.17, 15) is 14.7 Å². The molecular weight excluding hydrogens is 463 g/mol. The first-order valence-electron chi connectivity index (χ1n) is 10.4. The molecule has 34 heavy (non-hydrogen) atoms. The number of thioether (sulfide) groups is 1. The average Bonchev–Trinajstić information content (AvgIpc) is 2.81. The van der Waals surface area contributed by atoms with Gasteiger partial charge in [-0.3, -0.25) is 9.78 Å². The topological polar surface area (TPSA) is 79.3 Å². The second-order valence-corrected chi connectivity index (χ2v) is 8.89. The van der Waals surface area contributed by atoms with Gasteiger partial charge < -0.3 is 10.4 Å². The van der Waals surface area contributed by atoms with Crippen LogP contribution in [0.5, 0.6) is 0 Å². The van der Waals surface area contributed by atoms with Crippen LogP contribution in [-0.4, -0.2) is 58.9 Å². The number of aromatic nitrogens is 1. The summed E-state index contributed by atoms with van der Waals surface area (Å²) in [5.41, 5.74) is 4.75. The number of nitrogens with one attached hydrogen (secondary N) is 1. The molecular formula is C26H26ClLiN2O3S. The van der Waals surface area contributed by atoms with Crippen LogP contribution in [0.2, 0.25) is 5.02 Å². The van der Waals surface area contributed by atoms with E-state index in [1.165, 1.54) is 0 Å². The second kappa shape index (κ2) is 13.4. The molecule has 0 bridgehead atoms. The quantitative estimate of drug-likeness (QED) is 0.406. The normalized spacial score (nSPS) is 11.6. The summed E-state index contributed by atoms with van der Waals surface area (Å²) in [5.74, 6) is -0.807. The number of benzene rings is 2. The number of hydrogen-bond donors (Lipinski definition) is 2. The van der Waals surface area contributed by atoms with Crippen LogP contribution in [0.3, 0.4) is 0 Å². The van der Waals surface area contributed by atoms with Crippen molar-refractivity contribution in [3.05, 3.63) is 88.2 Å². The average molecular weight is 489 g/mol. The number of halogens is 1. The standard InChI is InChI=1S/C26H25ClN2O3S.Li.H/c1-17-5-3-4-6-20(17)22-15-18(7-9-19-16-28-13-11-23(19)27)8-10-21(22)25(30)29-24(26(31)32)12-14-33-2;;/h3-11,13,15-16,24H,12,14H2,1-2H3,(H,29,30)(H,31,32);;/b9-7+;;. The number of aryl methyl sites for hydroxylation is 1. The molecule has 0 fully saturated rings. The number of nitrogens with zero attached hydrogens (tertiary/aromatic N) is 1. The van der Waals surface area contributed by atoms with Gasteiger partial charge in [0.15, 0.2) is 0 Å². The summed E-state index contributed by atoms with van der Waals surface area (Å²) in [6.45, 7) is 1.98. The molecule has 8 heteroatoms. The van der Waals surface area contributed by atoms with Crippen molar-refractivity contribution in [1.82, 2.24) is 10.3 Å². The fourth-order valence-corrected chi connectivity index (χ4v) is 4.03.